The van der Waals surface area contributed by atoms with Crippen molar-refractivity contribution in [2.75, 3.05) is 7.05 Å². The van der Waals surface area contributed by atoms with Crippen molar-refractivity contribution in [2.45, 2.75) is 25.8 Å². The zero-order chi connectivity index (χ0) is 13.1. The Balaban J connectivity index is 2.25. The summed E-state index contributed by atoms with van der Waals surface area (Å²) in [6, 6.07) is 4.52. The van der Waals surface area contributed by atoms with Crippen LogP contribution in [0.5, 0.6) is 0 Å². The van der Waals surface area contributed by atoms with Crippen molar-refractivity contribution >= 4 is 22.9 Å². The van der Waals surface area contributed by atoms with Gasteiger partial charge in [-0.2, -0.15) is 5.10 Å². The van der Waals surface area contributed by atoms with Crippen LogP contribution in [0.3, 0.4) is 0 Å². The molecule has 98 valence electrons. The van der Waals surface area contributed by atoms with Gasteiger partial charge in [0.25, 0.3) is 0 Å². The number of likely N-dealkylation sites (N-methyl/N-ethyl adjacent to an activating group) is 1. The zero-order valence-electron chi connectivity index (χ0n) is 10.9. The highest BCUT2D eigenvalue weighted by molar-refractivity contribution is 7.10. The minimum atomic E-state index is 0.294. The van der Waals surface area contributed by atoms with Gasteiger partial charge >= 0.3 is 0 Å². The molecule has 2 aromatic rings. The summed E-state index contributed by atoms with van der Waals surface area (Å²) in [5.41, 5.74) is 2.08. The Labute approximate surface area is 117 Å². The quantitative estimate of drug-likeness (QED) is 0.913. The van der Waals surface area contributed by atoms with Gasteiger partial charge in [-0.25, -0.2) is 0 Å². The molecule has 0 saturated heterocycles. The fraction of sp³-hybridized carbons (Fsp3) is 0.462. The molecule has 18 heavy (non-hydrogen) atoms. The maximum atomic E-state index is 6.38. The second kappa shape index (κ2) is 5.87. The van der Waals surface area contributed by atoms with E-state index < -0.39 is 0 Å². The first-order valence-electron chi connectivity index (χ1n) is 6.08. The molecule has 2 aromatic heterocycles. The van der Waals surface area contributed by atoms with Crippen molar-refractivity contribution in [1.82, 2.24) is 15.1 Å². The van der Waals surface area contributed by atoms with Gasteiger partial charge in [0.15, 0.2) is 0 Å². The number of nitrogens with one attached hydrogen (secondary N) is 1. The summed E-state index contributed by atoms with van der Waals surface area (Å²) >= 11 is 8.15. The van der Waals surface area contributed by atoms with Gasteiger partial charge in [0.1, 0.15) is 0 Å². The van der Waals surface area contributed by atoms with E-state index in [0.29, 0.717) is 6.04 Å². The van der Waals surface area contributed by atoms with E-state index in [4.69, 9.17) is 11.6 Å². The average molecular weight is 284 g/mol. The third kappa shape index (κ3) is 2.60. The van der Waals surface area contributed by atoms with Crippen LogP contribution in [-0.2, 0) is 19.9 Å². The fourth-order valence-electron chi connectivity index (χ4n) is 2.07. The van der Waals surface area contributed by atoms with Crippen molar-refractivity contribution in [3.8, 4) is 0 Å². The van der Waals surface area contributed by atoms with Gasteiger partial charge in [-0.1, -0.05) is 24.6 Å². The predicted molar refractivity (Wildman–Crippen MR) is 77.4 cm³/mol. The maximum Gasteiger partial charge on any atom is 0.0850 e. The summed E-state index contributed by atoms with van der Waals surface area (Å²) in [7, 11) is 3.94. The molecule has 0 bridgehead atoms. The molecule has 0 aliphatic heterocycles. The van der Waals surface area contributed by atoms with E-state index in [-0.39, 0.29) is 0 Å². The van der Waals surface area contributed by atoms with Gasteiger partial charge < -0.3 is 5.32 Å². The number of hydrogen-bond acceptors (Lipinski definition) is 3. The second-order valence-electron chi connectivity index (χ2n) is 4.25. The minimum Gasteiger partial charge on any atom is -0.312 e. The molecule has 2 rings (SSSR count). The van der Waals surface area contributed by atoms with E-state index in [1.807, 2.05) is 18.8 Å². The Morgan fingerprint density at radius 1 is 1.56 bits per heavy atom. The largest absolute Gasteiger partial charge is 0.312 e. The first kappa shape index (κ1) is 13.6. The maximum absolute atomic E-state index is 6.38. The Kier molecular flexibility index (Phi) is 4.43. The first-order valence-corrected chi connectivity index (χ1v) is 7.34. The second-order valence-corrected chi connectivity index (χ2v) is 5.60. The molecule has 1 atom stereocenters. The molecule has 0 saturated carbocycles. The molecule has 0 radical (unpaired) electrons. The predicted octanol–water partition coefficient (Wildman–Crippen LogP) is 3.20. The van der Waals surface area contributed by atoms with Crippen LogP contribution >= 0.6 is 22.9 Å². The van der Waals surface area contributed by atoms with E-state index in [1.165, 1.54) is 4.88 Å². The molecule has 0 amide bonds. The van der Waals surface area contributed by atoms with Crippen LogP contribution in [0.2, 0.25) is 5.02 Å². The van der Waals surface area contributed by atoms with Crippen molar-refractivity contribution in [1.29, 1.82) is 0 Å². The van der Waals surface area contributed by atoms with Crippen LogP contribution in [0.1, 0.15) is 29.2 Å². The number of hydrogen-bond donors (Lipinski definition) is 1. The molecule has 2 heterocycles. The molecular formula is C13H18ClN3S. The number of rotatable bonds is 5. The molecule has 0 spiro atoms. The van der Waals surface area contributed by atoms with Crippen LogP contribution in [0.15, 0.2) is 17.5 Å². The topological polar surface area (TPSA) is 29.9 Å². The summed E-state index contributed by atoms with van der Waals surface area (Å²) in [5, 5.41) is 10.7. The van der Waals surface area contributed by atoms with E-state index in [0.717, 1.165) is 29.3 Å². The molecule has 3 nitrogen and oxygen atoms in total. The average Bonchev–Trinajstić information content (AvgIpc) is 2.97. The fourth-order valence-corrected chi connectivity index (χ4v) is 3.28. The molecule has 5 heteroatoms. The Bertz CT molecular complexity index is 505. The molecule has 0 aromatic carbocycles. The summed E-state index contributed by atoms with van der Waals surface area (Å²) in [6.45, 7) is 2.08. The highest BCUT2D eigenvalue weighted by atomic mass is 35.5. The lowest BCUT2D eigenvalue weighted by Crippen LogP contribution is -2.19. The lowest BCUT2D eigenvalue weighted by Gasteiger charge is -2.14. The SMILES string of the molecule is CCc1nn(C)c(CC(NC)c2cccs2)c1Cl. The number of thiophene rings is 1. The number of aromatic nitrogens is 2. The lowest BCUT2D eigenvalue weighted by atomic mass is 10.1. The van der Waals surface area contributed by atoms with Gasteiger partial charge in [0.05, 0.1) is 16.4 Å². The minimum absolute atomic E-state index is 0.294. The molecule has 0 aliphatic rings. The van der Waals surface area contributed by atoms with Gasteiger partial charge in [-0.05, 0) is 24.9 Å². The Morgan fingerprint density at radius 2 is 2.33 bits per heavy atom. The van der Waals surface area contributed by atoms with Crippen LogP contribution in [0, 0.1) is 0 Å². The van der Waals surface area contributed by atoms with E-state index >= 15 is 0 Å². The molecule has 0 aliphatic carbocycles. The van der Waals surface area contributed by atoms with Gasteiger partial charge in [-0.3, -0.25) is 4.68 Å². The van der Waals surface area contributed by atoms with Gasteiger partial charge in [0, 0.05) is 24.4 Å². The van der Waals surface area contributed by atoms with E-state index in [1.54, 1.807) is 11.3 Å². The standard InChI is InChI=1S/C13H18ClN3S/c1-4-9-13(14)11(17(3)16-9)8-10(15-2)12-6-5-7-18-12/h5-7,10,15H,4,8H2,1-3H3. The molecule has 0 fully saturated rings. The Morgan fingerprint density at radius 3 is 2.83 bits per heavy atom. The van der Waals surface area contributed by atoms with Crippen LogP contribution < -0.4 is 5.32 Å². The number of nitrogens with zero attached hydrogens (tertiary/aromatic N) is 2. The van der Waals surface area contributed by atoms with Crippen molar-refractivity contribution < 1.29 is 0 Å². The Hall–Kier alpha value is -0.840. The van der Waals surface area contributed by atoms with E-state index in [9.17, 15) is 0 Å². The van der Waals surface area contributed by atoms with Crippen molar-refractivity contribution in [3.63, 3.8) is 0 Å². The van der Waals surface area contributed by atoms with Gasteiger partial charge in [-0.15, -0.1) is 11.3 Å². The smallest absolute Gasteiger partial charge is 0.0850 e. The molecule has 1 N–H and O–H groups in total. The number of aryl methyl sites for hydroxylation is 2. The summed E-state index contributed by atoms with van der Waals surface area (Å²) in [6.07, 6.45) is 1.73. The highest BCUT2D eigenvalue weighted by Gasteiger charge is 2.18. The first-order chi connectivity index (χ1) is 8.67. The van der Waals surface area contributed by atoms with Crippen LogP contribution in [0.25, 0.3) is 0 Å². The normalized spacial score (nSPS) is 12.9. The zero-order valence-corrected chi connectivity index (χ0v) is 12.5. The number of halogens is 1. The summed E-state index contributed by atoms with van der Waals surface area (Å²) < 4.78 is 1.90. The van der Waals surface area contributed by atoms with Gasteiger partial charge in [0.2, 0.25) is 0 Å². The lowest BCUT2D eigenvalue weighted by molar-refractivity contribution is 0.569. The highest BCUT2D eigenvalue weighted by Crippen LogP contribution is 2.27. The summed E-state index contributed by atoms with van der Waals surface area (Å²) in [4.78, 5) is 1.33. The van der Waals surface area contributed by atoms with E-state index in [2.05, 4.69) is 34.9 Å². The van der Waals surface area contributed by atoms with Crippen LogP contribution in [0.4, 0.5) is 0 Å². The molecular weight excluding hydrogens is 266 g/mol. The summed E-state index contributed by atoms with van der Waals surface area (Å²) in [5.74, 6) is 0. The monoisotopic (exact) mass is 283 g/mol. The van der Waals surface area contributed by atoms with Crippen molar-refractivity contribution in [3.05, 3.63) is 38.8 Å². The third-order valence-electron chi connectivity index (χ3n) is 3.14. The van der Waals surface area contributed by atoms with Crippen LogP contribution in [-0.4, -0.2) is 16.8 Å². The van der Waals surface area contributed by atoms with Crippen molar-refractivity contribution in [2.24, 2.45) is 7.05 Å². The third-order valence-corrected chi connectivity index (χ3v) is 4.56. The molecule has 1 unspecified atom stereocenters.